The van der Waals surface area contributed by atoms with E-state index in [0.717, 1.165) is 4.57 Å². The van der Waals surface area contributed by atoms with E-state index in [0.29, 0.717) is 27.5 Å². The maximum Gasteiger partial charge on any atom is 0.332 e. The van der Waals surface area contributed by atoms with Gasteiger partial charge in [-0.2, -0.15) is 4.98 Å². The quantitative estimate of drug-likeness (QED) is 0.547. The van der Waals surface area contributed by atoms with Gasteiger partial charge < -0.3 is 4.74 Å². The first-order valence-corrected chi connectivity index (χ1v) is 9.52. The average molecular weight is 462 g/mol. The van der Waals surface area contributed by atoms with Crippen LogP contribution in [0.1, 0.15) is 5.56 Å². The van der Waals surface area contributed by atoms with Crippen LogP contribution in [0.3, 0.4) is 0 Å². The number of fused-ring (bicyclic) bond motifs is 1. The summed E-state index contributed by atoms with van der Waals surface area (Å²) in [5, 5.41) is 1.51. The fraction of sp³-hybridized carbons (Fsp3) is 0.312. The van der Waals surface area contributed by atoms with Gasteiger partial charge in [-0.3, -0.25) is 18.5 Å². The maximum atomic E-state index is 12.7. The molecular formula is C16H15BrCl2N4O3. The third kappa shape index (κ3) is 3.17. The summed E-state index contributed by atoms with van der Waals surface area (Å²) in [6.45, 7) is 0.522. The second-order valence-corrected chi connectivity index (χ2v) is 7.20. The molecule has 0 atom stereocenters. The molecular weight excluding hydrogens is 447 g/mol. The first-order chi connectivity index (χ1) is 12.4. The van der Waals surface area contributed by atoms with Crippen LogP contribution in [0, 0.1) is 0 Å². The van der Waals surface area contributed by atoms with Gasteiger partial charge in [0, 0.05) is 35.0 Å². The molecule has 0 fully saturated rings. The Kier molecular flexibility index (Phi) is 5.45. The fourth-order valence-electron chi connectivity index (χ4n) is 2.65. The first kappa shape index (κ1) is 19.0. The molecule has 0 spiro atoms. The van der Waals surface area contributed by atoms with Crippen molar-refractivity contribution in [2.45, 2.75) is 6.54 Å². The summed E-state index contributed by atoms with van der Waals surface area (Å²) in [6.07, 6.45) is 0. The fourth-order valence-corrected chi connectivity index (χ4v) is 3.33. The Labute approximate surface area is 166 Å². The SMILES string of the molecule is Cn1c(=O)c2c(nc(OCCBr)n2Cc2c(Cl)cccc2Cl)n(C)c1=O. The molecule has 2 aromatic heterocycles. The van der Waals surface area contributed by atoms with Crippen LogP contribution < -0.4 is 16.0 Å². The largest absolute Gasteiger partial charge is 0.464 e. The third-order valence-corrected chi connectivity index (χ3v) is 5.03. The molecule has 0 saturated heterocycles. The lowest BCUT2D eigenvalue weighted by Crippen LogP contribution is -2.37. The van der Waals surface area contributed by atoms with Crippen molar-refractivity contribution in [3.63, 3.8) is 0 Å². The van der Waals surface area contributed by atoms with E-state index in [9.17, 15) is 9.59 Å². The molecule has 0 aliphatic rings. The minimum absolute atomic E-state index is 0.181. The van der Waals surface area contributed by atoms with Crippen molar-refractivity contribution < 1.29 is 4.74 Å². The highest BCUT2D eigenvalue weighted by molar-refractivity contribution is 9.09. The Morgan fingerprint density at radius 1 is 1.15 bits per heavy atom. The van der Waals surface area contributed by atoms with Gasteiger partial charge in [-0.25, -0.2) is 4.79 Å². The van der Waals surface area contributed by atoms with Gasteiger partial charge >= 0.3 is 5.69 Å². The Balaban J connectivity index is 2.31. The summed E-state index contributed by atoms with van der Waals surface area (Å²) in [6, 6.07) is 5.39. The smallest absolute Gasteiger partial charge is 0.332 e. The van der Waals surface area contributed by atoms with Gasteiger partial charge in [0.05, 0.1) is 6.54 Å². The van der Waals surface area contributed by atoms with E-state index in [4.69, 9.17) is 27.9 Å². The molecule has 0 bridgehead atoms. The molecule has 1 aromatic carbocycles. The molecule has 2 heterocycles. The number of halogens is 3. The van der Waals surface area contributed by atoms with Crippen LogP contribution in [0.25, 0.3) is 11.2 Å². The predicted molar refractivity (Wildman–Crippen MR) is 105 cm³/mol. The number of nitrogens with zero attached hydrogens (tertiary/aromatic N) is 4. The van der Waals surface area contributed by atoms with E-state index in [1.807, 2.05) is 0 Å². The molecule has 0 amide bonds. The van der Waals surface area contributed by atoms with E-state index in [-0.39, 0.29) is 23.7 Å². The summed E-state index contributed by atoms with van der Waals surface area (Å²) >= 11 is 15.8. The molecule has 7 nitrogen and oxygen atoms in total. The van der Waals surface area contributed by atoms with E-state index in [1.165, 1.54) is 11.6 Å². The zero-order valence-electron chi connectivity index (χ0n) is 14.0. The summed E-state index contributed by atoms with van der Waals surface area (Å²) in [7, 11) is 2.97. The molecule has 0 radical (unpaired) electrons. The van der Waals surface area contributed by atoms with E-state index in [2.05, 4.69) is 20.9 Å². The minimum Gasteiger partial charge on any atom is -0.464 e. The number of rotatable bonds is 5. The van der Waals surface area contributed by atoms with E-state index >= 15 is 0 Å². The Bertz CT molecular complexity index is 1080. The van der Waals surface area contributed by atoms with E-state index in [1.54, 1.807) is 29.8 Å². The number of aryl methyl sites for hydroxylation is 1. The lowest BCUT2D eigenvalue weighted by molar-refractivity contribution is 0.305. The molecule has 3 rings (SSSR count). The summed E-state index contributed by atoms with van der Waals surface area (Å²) < 4.78 is 9.60. The standard InChI is InChI=1S/C16H15BrCl2N4O3/c1-21-13-12(14(24)22(2)16(21)25)23(15(20-13)26-7-6-17)8-9-10(18)4-3-5-11(9)19/h3-5H,6-8H2,1-2H3. The summed E-state index contributed by atoms with van der Waals surface area (Å²) in [5.74, 6) is 0. The van der Waals surface area contributed by atoms with Gasteiger partial charge in [-0.05, 0) is 12.1 Å². The highest BCUT2D eigenvalue weighted by Gasteiger charge is 2.21. The molecule has 0 aliphatic carbocycles. The van der Waals surface area contributed by atoms with Crippen molar-refractivity contribution >= 4 is 50.3 Å². The minimum atomic E-state index is -0.465. The van der Waals surface area contributed by atoms with Gasteiger partial charge in [0.25, 0.3) is 11.6 Å². The van der Waals surface area contributed by atoms with Crippen LogP contribution in [0.4, 0.5) is 0 Å². The number of hydrogen-bond acceptors (Lipinski definition) is 4. The first-order valence-electron chi connectivity index (χ1n) is 7.64. The molecule has 0 unspecified atom stereocenters. The van der Waals surface area contributed by atoms with E-state index < -0.39 is 11.2 Å². The second kappa shape index (κ2) is 7.46. The number of hydrogen-bond donors (Lipinski definition) is 0. The van der Waals surface area contributed by atoms with Gasteiger partial charge in [-0.1, -0.05) is 45.2 Å². The van der Waals surface area contributed by atoms with Gasteiger partial charge in [0.15, 0.2) is 11.2 Å². The number of alkyl halides is 1. The van der Waals surface area contributed by atoms with Crippen LogP contribution in [0.2, 0.25) is 10.0 Å². The second-order valence-electron chi connectivity index (χ2n) is 5.60. The molecule has 0 aliphatic heterocycles. The van der Waals surface area contributed by atoms with Crippen LogP contribution in [-0.4, -0.2) is 30.6 Å². The molecule has 138 valence electrons. The van der Waals surface area contributed by atoms with Crippen molar-refractivity contribution in [2.75, 3.05) is 11.9 Å². The van der Waals surface area contributed by atoms with Crippen LogP contribution in [-0.2, 0) is 20.6 Å². The van der Waals surface area contributed by atoms with Gasteiger partial charge in [0.2, 0.25) is 0 Å². The van der Waals surface area contributed by atoms with Crippen LogP contribution in [0.5, 0.6) is 6.01 Å². The number of aromatic nitrogens is 4. The molecule has 0 N–H and O–H groups in total. The van der Waals surface area contributed by atoms with Crippen LogP contribution >= 0.6 is 39.1 Å². The highest BCUT2D eigenvalue weighted by Crippen LogP contribution is 2.28. The Morgan fingerprint density at radius 2 is 1.81 bits per heavy atom. The number of benzene rings is 1. The van der Waals surface area contributed by atoms with Crippen LogP contribution in [0.15, 0.2) is 27.8 Å². The normalized spacial score (nSPS) is 11.3. The lowest BCUT2D eigenvalue weighted by Gasteiger charge is -2.12. The number of imidazole rings is 1. The highest BCUT2D eigenvalue weighted by atomic mass is 79.9. The Morgan fingerprint density at radius 3 is 2.42 bits per heavy atom. The third-order valence-electron chi connectivity index (χ3n) is 4.00. The lowest BCUT2D eigenvalue weighted by atomic mass is 10.2. The summed E-state index contributed by atoms with van der Waals surface area (Å²) in [5.41, 5.74) is 0.193. The predicted octanol–water partition coefficient (Wildman–Crippen LogP) is 2.56. The van der Waals surface area contributed by atoms with Crippen molar-refractivity contribution in [2.24, 2.45) is 14.1 Å². The van der Waals surface area contributed by atoms with Crippen molar-refractivity contribution in [1.82, 2.24) is 18.7 Å². The van der Waals surface area contributed by atoms with Crippen molar-refractivity contribution in [3.8, 4) is 6.01 Å². The summed E-state index contributed by atoms with van der Waals surface area (Å²) in [4.78, 5) is 29.3. The monoisotopic (exact) mass is 460 g/mol. The Hall–Kier alpha value is -1.77. The average Bonchev–Trinajstić information content (AvgIpc) is 2.98. The topological polar surface area (TPSA) is 71.1 Å². The van der Waals surface area contributed by atoms with Crippen molar-refractivity contribution in [3.05, 3.63) is 54.6 Å². The molecule has 3 aromatic rings. The van der Waals surface area contributed by atoms with Gasteiger partial charge in [0.1, 0.15) is 6.61 Å². The van der Waals surface area contributed by atoms with Crippen molar-refractivity contribution in [1.29, 1.82) is 0 Å². The van der Waals surface area contributed by atoms with Gasteiger partial charge in [-0.15, -0.1) is 0 Å². The molecule has 0 saturated carbocycles. The maximum absolute atomic E-state index is 12.7. The molecule has 26 heavy (non-hydrogen) atoms. The zero-order chi connectivity index (χ0) is 19.0. The number of ether oxygens (including phenoxy) is 1. The molecule has 10 heteroatoms. The zero-order valence-corrected chi connectivity index (χ0v) is 17.1.